The average molecular weight is 180 g/mol. The molecule has 0 aliphatic carbocycles. The van der Waals surface area contributed by atoms with Gasteiger partial charge in [-0.15, -0.1) is 0 Å². The van der Waals surface area contributed by atoms with E-state index >= 15 is 0 Å². The lowest BCUT2D eigenvalue weighted by Crippen LogP contribution is -2.23. The van der Waals surface area contributed by atoms with Crippen LogP contribution in [0.3, 0.4) is 0 Å². The van der Waals surface area contributed by atoms with E-state index in [4.69, 9.17) is 0 Å². The summed E-state index contributed by atoms with van der Waals surface area (Å²) >= 11 is 0. The number of nitrogens with zero attached hydrogens (tertiary/aromatic N) is 1. The molecule has 1 heterocycles. The maximum atomic E-state index is 10.9. The van der Waals surface area contributed by atoms with Gasteiger partial charge in [0.15, 0.2) is 0 Å². The predicted molar refractivity (Wildman–Crippen MR) is 49.2 cm³/mol. The van der Waals surface area contributed by atoms with E-state index in [9.17, 15) is 9.59 Å². The highest BCUT2D eigenvalue weighted by Crippen LogP contribution is 1.98. The quantitative estimate of drug-likeness (QED) is 0.714. The SMILES string of the molecule is CC(=O)N(C)Cc1ccc(=O)[nH]c1. The third-order valence-corrected chi connectivity index (χ3v) is 1.81. The zero-order valence-corrected chi connectivity index (χ0v) is 7.70. The second-order valence-electron chi connectivity index (χ2n) is 2.94. The summed E-state index contributed by atoms with van der Waals surface area (Å²) in [4.78, 5) is 25.7. The predicted octanol–water partition coefficient (Wildman–Crippen LogP) is 0.353. The Morgan fingerprint density at radius 3 is 2.69 bits per heavy atom. The molecule has 0 saturated carbocycles. The lowest BCUT2D eigenvalue weighted by molar-refractivity contribution is -0.128. The fourth-order valence-electron chi connectivity index (χ4n) is 0.926. The van der Waals surface area contributed by atoms with E-state index in [1.165, 1.54) is 13.0 Å². The lowest BCUT2D eigenvalue weighted by Gasteiger charge is -2.13. The maximum absolute atomic E-state index is 10.9. The van der Waals surface area contributed by atoms with E-state index in [2.05, 4.69) is 4.98 Å². The molecule has 70 valence electrons. The molecule has 1 amide bonds. The number of hydrogen-bond acceptors (Lipinski definition) is 2. The number of aromatic nitrogens is 1. The van der Waals surface area contributed by atoms with E-state index < -0.39 is 0 Å². The van der Waals surface area contributed by atoms with Crippen LogP contribution in [-0.4, -0.2) is 22.8 Å². The van der Waals surface area contributed by atoms with Crippen molar-refractivity contribution in [3.63, 3.8) is 0 Å². The molecule has 0 unspecified atom stereocenters. The third-order valence-electron chi connectivity index (χ3n) is 1.81. The largest absolute Gasteiger partial charge is 0.342 e. The molecule has 0 aliphatic rings. The van der Waals surface area contributed by atoms with Gasteiger partial charge in [0.05, 0.1) is 0 Å². The van der Waals surface area contributed by atoms with Crippen LogP contribution < -0.4 is 5.56 Å². The molecule has 4 nitrogen and oxygen atoms in total. The highest BCUT2D eigenvalue weighted by Gasteiger charge is 2.02. The van der Waals surface area contributed by atoms with E-state index in [-0.39, 0.29) is 11.5 Å². The fraction of sp³-hybridized carbons (Fsp3) is 0.333. The molecular weight excluding hydrogens is 168 g/mol. The molecule has 0 saturated heterocycles. The summed E-state index contributed by atoms with van der Waals surface area (Å²) in [6, 6.07) is 3.15. The van der Waals surface area contributed by atoms with Crippen LogP contribution in [0.2, 0.25) is 0 Å². The van der Waals surface area contributed by atoms with Crippen LogP contribution in [0.4, 0.5) is 0 Å². The Bertz CT molecular complexity index is 336. The Morgan fingerprint density at radius 2 is 2.23 bits per heavy atom. The molecule has 1 rings (SSSR count). The van der Waals surface area contributed by atoms with Crippen molar-refractivity contribution in [2.75, 3.05) is 7.05 Å². The number of aromatic amines is 1. The Morgan fingerprint density at radius 1 is 1.54 bits per heavy atom. The van der Waals surface area contributed by atoms with Crippen molar-refractivity contribution in [3.05, 3.63) is 34.2 Å². The van der Waals surface area contributed by atoms with E-state index in [1.807, 2.05) is 0 Å². The lowest BCUT2D eigenvalue weighted by atomic mass is 10.3. The van der Waals surface area contributed by atoms with Crippen molar-refractivity contribution in [2.24, 2.45) is 0 Å². The molecule has 1 N–H and O–H groups in total. The summed E-state index contributed by atoms with van der Waals surface area (Å²) in [5.41, 5.74) is 0.784. The van der Waals surface area contributed by atoms with Crippen LogP contribution in [0.1, 0.15) is 12.5 Å². The third kappa shape index (κ3) is 2.74. The molecule has 4 heteroatoms. The highest BCUT2D eigenvalue weighted by molar-refractivity contribution is 5.72. The van der Waals surface area contributed by atoms with Crippen molar-refractivity contribution < 1.29 is 4.79 Å². The van der Waals surface area contributed by atoms with E-state index in [1.54, 1.807) is 24.2 Å². The summed E-state index contributed by atoms with van der Waals surface area (Å²) in [5.74, 6) is 0.00574. The number of H-pyrrole nitrogens is 1. The molecule has 0 radical (unpaired) electrons. The van der Waals surface area contributed by atoms with Gasteiger partial charge in [0.2, 0.25) is 11.5 Å². The average Bonchev–Trinajstić information content (AvgIpc) is 2.08. The molecule has 1 aromatic heterocycles. The summed E-state index contributed by atoms with van der Waals surface area (Å²) in [6.45, 7) is 2.03. The molecule has 1 aromatic rings. The molecular formula is C9H12N2O2. The van der Waals surface area contributed by atoms with Crippen molar-refractivity contribution in [1.29, 1.82) is 0 Å². The smallest absolute Gasteiger partial charge is 0.247 e. The zero-order chi connectivity index (χ0) is 9.84. The summed E-state index contributed by atoms with van der Waals surface area (Å²) in [7, 11) is 1.72. The van der Waals surface area contributed by atoms with Gasteiger partial charge in [0.25, 0.3) is 0 Å². The second kappa shape index (κ2) is 3.89. The first-order valence-corrected chi connectivity index (χ1v) is 3.99. The summed E-state index contributed by atoms with van der Waals surface area (Å²) in [6.07, 6.45) is 1.61. The number of carbonyl (C=O) groups is 1. The molecule has 13 heavy (non-hydrogen) atoms. The fourth-order valence-corrected chi connectivity index (χ4v) is 0.926. The number of rotatable bonds is 2. The van der Waals surface area contributed by atoms with Gasteiger partial charge in [-0.3, -0.25) is 9.59 Å². The number of hydrogen-bond donors (Lipinski definition) is 1. The summed E-state index contributed by atoms with van der Waals surface area (Å²) in [5, 5.41) is 0. The van der Waals surface area contributed by atoms with Gasteiger partial charge >= 0.3 is 0 Å². The van der Waals surface area contributed by atoms with Crippen molar-refractivity contribution >= 4 is 5.91 Å². The zero-order valence-electron chi connectivity index (χ0n) is 7.70. The molecule has 0 spiro atoms. The van der Waals surface area contributed by atoms with E-state index in [0.29, 0.717) is 6.54 Å². The number of carbonyl (C=O) groups excluding carboxylic acids is 1. The molecule has 0 fully saturated rings. The van der Waals surface area contributed by atoms with Gasteiger partial charge in [-0.05, 0) is 5.56 Å². The van der Waals surface area contributed by atoms with Gasteiger partial charge in [-0.25, -0.2) is 0 Å². The van der Waals surface area contributed by atoms with Gasteiger partial charge in [-0.1, -0.05) is 6.07 Å². The second-order valence-corrected chi connectivity index (χ2v) is 2.94. The van der Waals surface area contributed by atoms with Crippen LogP contribution in [-0.2, 0) is 11.3 Å². The highest BCUT2D eigenvalue weighted by atomic mass is 16.2. The van der Waals surface area contributed by atoms with Crippen molar-refractivity contribution in [2.45, 2.75) is 13.5 Å². The van der Waals surface area contributed by atoms with Crippen LogP contribution in [0, 0.1) is 0 Å². The Labute approximate surface area is 76.2 Å². The van der Waals surface area contributed by atoms with E-state index in [0.717, 1.165) is 5.56 Å². The van der Waals surface area contributed by atoms with Crippen LogP contribution in [0.25, 0.3) is 0 Å². The topological polar surface area (TPSA) is 53.2 Å². The number of amides is 1. The number of nitrogens with one attached hydrogen (secondary N) is 1. The Balaban J connectivity index is 2.70. The number of pyridine rings is 1. The molecule has 0 bridgehead atoms. The summed E-state index contributed by atoms with van der Waals surface area (Å²) < 4.78 is 0. The standard InChI is InChI=1S/C9H12N2O2/c1-7(12)11(2)6-8-3-4-9(13)10-5-8/h3-5H,6H2,1-2H3,(H,10,13). The Kier molecular flexibility index (Phi) is 2.84. The first-order chi connectivity index (χ1) is 6.09. The first kappa shape index (κ1) is 9.51. The monoisotopic (exact) mass is 180 g/mol. The van der Waals surface area contributed by atoms with Gasteiger partial charge in [0, 0.05) is 32.8 Å². The van der Waals surface area contributed by atoms with Crippen molar-refractivity contribution in [1.82, 2.24) is 9.88 Å². The maximum Gasteiger partial charge on any atom is 0.247 e. The molecule has 0 aliphatic heterocycles. The molecule has 0 atom stereocenters. The minimum Gasteiger partial charge on any atom is -0.342 e. The van der Waals surface area contributed by atoms with Crippen LogP contribution >= 0.6 is 0 Å². The van der Waals surface area contributed by atoms with Crippen molar-refractivity contribution in [3.8, 4) is 0 Å². The Hall–Kier alpha value is -1.58. The van der Waals surface area contributed by atoms with Gasteiger partial charge in [0.1, 0.15) is 0 Å². The van der Waals surface area contributed by atoms with Gasteiger partial charge in [-0.2, -0.15) is 0 Å². The first-order valence-electron chi connectivity index (χ1n) is 3.99. The normalized spacial score (nSPS) is 9.69. The van der Waals surface area contributed by atoms with Gasteiger partial charge < -0.3 is 9.88 Å². The van der Waals surface area contributed by atoms with Crippen LogP contribution in [0.15, 0.2) is 23.1 Å². The minimum absolute atomic E-state index is 0.00574. The minimum atomic E-state index is -0.130. The molecule has 0 aromatic carbocycles. The van der Waals surface area contributed by atoms with Crippen LogP contribution in [0.5, 0.6) is 0 Å².